The summed E-state index contributed by atoms with van der Waals surface area (Å²) >= 11 is 0. The number of hydrogen-bond donors (Lipinski definition) is 3. The van der Waals surface area contributed by atoms with Crippen molar-refractivity contribution < 1.29 is 4.79 Å². The Morgan fingerprint density at radius 3 is 2.71 bits per heavy atom. The number of amides is 1. The van der Waals surface area contributed by atoms with Crippen molar-refractivity contribution in [1.29, 1.82) is 0 Å². The number of carbonyl (C=O) groups excluding carboxylic acids is 1. The molecule has 1 aromatic carbocycles. The number of guanidine groups is 1. The molecule has 17 heavy (non-hydrogen) atoms. The van der Waals surface area contributed by atoms with Crippen LogP contribution in [0.4, 0.5) is 0 Å². The van der Waals surface area contributed by atoms with Crippen LogP contribution in [-0.2, 0) is 0 Å². The van der Waals surface area contributed by atoms with Crippen LogP contribution in [-0.4, -0.2) is 32.0 Å². The number of aliphatic imine (C=N–C) groups is 1. The summed E-state index contributed by atoms with van der Waals surface area (Å²) in [4.78, 5) is 15.5. The normalized spacial score (nSPS) is 11.1. The van der Waals surface area contributed by atoms with Gasteiger partial charge in [0, 0.05) is 25.7 Å². The van der Waals surface area contributed by atoms with Crippen LogP contribution < -0.4 is 16.4 Å². The average molecular weight is 234 g/mol. The molecule has 0 saturated carbocycles. The lowest BCUT2D eigenvalue weighted by Crippen LogP contribution is -2.38. The van der Waals surface area contributed by atoms with Crippen LogP contribution in [0.25, 0.3) is 0 Å². The van der Waals surface area contributed by atoms with Crippen molar-refractivity contribution in [2.75, 3.05) is 20.1 Å². The Labute approximate surface area is 101 Å². The van der Waals surface area contributed by atoms with E-state index in [1.54, 1.807) is 13.1 Å². The molecule has 0 fully saturated rings. The SMILES string of the molecule is CN=C(N)NCCNC(=O)c1cccc(C)c1. The zero-order valence-electron chi connectivity index (χ0n) is 10.2. The maximum absolute atomic E-state index is 11.7. The van der Waals surface area contributed by atoms with E-state index in [1.807, 2.05) is 25.1 Å². The standard InChI is InChI=1S/C12H18N4O/c1-9-4-3-5-10(8-9)11(17)15-6-7-16-12(13)14-2/h3-5,8H,6-7H2,1-2H3,(H,15,17)(H3,13,14,16). The third-order valence-electron chi connectivity index (χ3n) is 2.24. The molecule has 0 heterocycles. The monoisotopic (exact) mass is 234 g/mol. The van der Waals surface area contributed by atoms with Crippen molar-refractivity contribution in [3.63, 3.8) is 0 Å². The van der Waals surface area contributed by atoms with Gasteiger partial charge >= 0.3 is 0 Å². The van der Waals surface area contributed by atoms with Gasteiger partial charge < -0.3 is 16.4 Å². The number of benzene rings is 1. The van der Waals surface area contributed by atoms with Crippen molar-refractivity contribution in [2.24, 2.45) is 10.7 Å². The summed E-state index contributed by atoms with van der Waals surface area (Å²) in [6.45, 7) is 3.01. The van der Waals surface area contributed by atoms with Crippen LogP contribution in [0, 0.1) is 6.92 Å². The second-order valence-corrected chi connectivity index (χ2v) is 3.66. The number of rotatable bonds is 4. The molecule has 0 aliphatic heterocycles. The predicted molar refractivity (Wildman–Crippen MR) is 69.1 cm³/mol. The number of nitrogens with two attached hydrogens (primary N) is 1. The van der Waals surface area contributed by atoms with E-state index in [2.05, 4.69) is 15.6 Å². The Morgan fingerprint density at radius 1 is 1.35 bits per heavy atom. The molecule has 1 rings (SSSR count). The zero-order valence-corrected chi connectivity index (χ0v) is 10.2. The van der Waals surface area contributed by atoms with Gasteiger partial charge in [-0.15, -0.1) is 0 Å². The van der Waals surface area contributed by atoms with Crippen molar-refractivity contribution in [2.45, 2.75) is 6.92 Å². The van der Waals surface area contributed by atoms with Gasteiger partial charge in [0.1, 0.15) is 0 Å². The molecule has 0 aliphatic rings. The van der Waals surface area contributed by atoms with E-state index in [1.165, 1.54) is 0 Å². The van der Waals surface area contributed by atoms with Crippen LogP contribution in [0.2, 0.25) is 0 Å². The highest BCUT2D eigenvalue weighted by molar-refractivity contribution is 5.94. The Hall–Kier alpha value is -2.04. The Bertz CT molecular complexity index is 415. The molecule has 0 atom stereocenters. The number of carbonyl (C=O) groups is 1. The maximum Gasteiger partial charge on any atom is 0.251 e. The fourth-order valence-electron chi connectivity index (χ4n) is 1.33. The Kier molecular flexibility index (Phi) is 5.00. The largest absolute Gasteiger partial charge is 0.370 e. The molecular weight excluding hydrogens is 216 g/mol. The van der Waals surface area contributed by atoms with Gasteiger partial charge in [0.15, 0.2) is 5.96 Å². The van der Waals surface area contributed by atoms with Gasteiger partial charge in [-0.1, -0.05) is 17.7 Å². The van der Waals surface area contributed by atoms with Gasteiger partial charge in [-0.25, -0.2) is 0 Å². The lowest BCUT2D eigenvalue weighted by Gasteiger charge is -2.07. The summed E-state index contributed by atoms with van der Waals surface area (Å²) in [5.74, 6) is 0.289. The molecule has 0 spiro atoms. The van der Waals surface area contributed by atoms with E-state index >= 15 is 0 Å². The minimum Gasteiger partial charge on any atom is -0.370 e. The van der Waals surface area contributed by atoms with Crippen LogP contribution in [0.3, 0.4) is 0 Å². The second-order valence-electron chi connectivity index (χ2n) is 3.66. The maximum atomic E-state index is 11.7. The number of nitrogens with zero attached hydrogens (tertiary/aromatic N) is 1. The molecule has 1 amide bonds. The van der Waals surface area contributed by atoms with Crippen LogP contribution in [0.1, 0.15) is 15.9 Å². The first-order valence-electron chi connectivity index (χ1n) is 5.44. The van der Waals surface area contributed by atoms with E-state index < -0.39 is 0 Å². The first-order chi connectivity index (χ1) is 8.13. The summed E-state index contributed by atoms with van der Waals surface area (Å²) in [5.41, 5.74) is 7.18. The van der Waals surface area contributed by atoms with Crippen LogP contribution in [0.15, 0.2) is 29.3 Å². The summed E-state index contributed by atoms with van der Waals surface area (Å²) in [7, 11) is 1.60. The lowest BCUT2D eigenvalue weighted by atomic mass is 10.1. The summed E-state index contributed by atoms with van der Waals surface area (Å²) in [5, 5.41) is 5.66. The Morgan fingerprint density at radius 2 is 2.06 bits per heavy atom. The molecule has 0 aromatic heterocycles. The third-order valence-corrected chi connectivity index (χ3v) is 2.24. The van der Waals surface area contributed by atoms with Gasteiger partial charge in [0.05, 0.1) is 0 Å². The topological polar surface area (TPSA) is 79.5 Å². The van der Waals surface area contributed by atoms with Crippen LogP contribution in [0.5, 0.6) is 0 Å². The molecule has 0 bridgehead atoms. The third kappa shape index (κ3) is 4.55. The molecule has 1 aromatic rings. The molecule has 0 saturated heterocycles. The van der Waals surface area contributed by atoms with Gasteiger partial charge in [0.2, 0.25) is 0 Å². The lowest BCUT2D eigenvalue weighted by molar-refractivity contribution is 0.0954. The molecule has 4 N–H and O–H groups in total. The average Bonchev–Trinajstić information content (AvgIpc) is 2.34. The minimum atomic E-state index is -0.0810. The predicted octanol–water partition coefficient (Wildman–Crippen LogP) is 0.259. The van der Waals surface area contributed by atoms with Crippen molar-refractivity contribution >= 4 is 11.9 Å². The van der Waals surface area contributed by atoms with Gasteiger partial charge in [-0.3, -0.25) is 9.79 Å². The second kappa shape index (κ2) is 6.52. The van der Waals surface area contributed by atoms with E-state index in [0.717, 1.165) is 5.56 Å². The van der Waals surface area contributed by atoms with E-state index in [4.69, 9.17) is 5.73 Å². The van der Waals surface area contributed by atoms with E-state index in [0.29, 0.717) is 24.6 Å². The van der Waals surface area contributed by atoms with Crippen LogP contribution >= 0.6 is 0 Å². The molecule has 0 unspecified atom stereocenters. The minimum absolute atomic E-state index is 0.0810. The summed E-state index contributed by atoms with van der Waals surface area (Å²) < 4.78 is 0. The molecule has 5 nitrogen and oxygen atoms in total. The first-order valence-corrected chi connectivity index (χ1v) is 5.44. The first kappa shape index (κ1) is 13.0. The Balaban J connectivity index is 2.35. The van der Waals surface area contributed by atoms with Crippen molar-refractivity contribution in [1.82, 2.24) is 10.6 Å². The van der Waals surface area contributed by atoms with E-state index in [-0.39, 0.29) is 5.91 Å². The highest BCUT2D eigenvalue weighted by Crippen LogP contribution is 2.03. The zero-order chi connectivity index (χ0) is 12.7. The molecule has 5 heteroatoms. The molecule has 0 aliphatic carbocycles. The van der Waals surface area contributed by atoms with Gasteiger partial charge in [-0.2, -0.15) is 0 Å². The van der Waals surface area contributed by atoms with Gasteiger partial charge in [-0.05, 0) is 19.1 Å². The highest BCUT2D eigenvalue weighted by Gasteiger charge is 2.03. The summed E-state index contributed by atoms with van der Waals surface area (Å²) in [6.07, 6.45) is 0. The number of hydrogen-bond acceptors (Lipinski definition) is 2. The number of aryl methyl sites for hydroxylation is 1. The quantitative estimate of drug-likeness (QED) is 0.397. The fourth-order valence-corrected chi connectivity index (χ4v) is 1.33. The molecule has 0 radical (unpaired) electrons. The van der Waals surface area contributed by atoms with Crippen molar-refractivity contribution in [3.8, 4) is 0 Å². The van der Waals surface area contributed by atoms with Gasteiger partial charge in [0.25, 0.3) is 5.91 Å². The molecule has 92 valence electrons. The fraction of sp³-hybridized carbons (Fsp3) is 0.333. The van der Waals surface area contributed by atoms with Crippen molar-refractivity contribution in [3.05, 3.63) is 35.4 Å². The summed E-state index contributed by atoms with van der Waals surface area (Å²) in [6, 6.07) is 7.46. The highest BCUT2D eigenvalue weighted by atomic mass is 16.1. The molecular formula is C12H18N4O. The van der Waals surface area contributed by atoms with E-state index in [9.17, 15) is 4.79 Å². The smallest absolute Gasteiger partial charge is 0.251 e. The number of nitrogens with one attached hydrogen (secondary N) is 2.